The van der Waals surface area contributed by atoms with Crippen LogP contribution < -0.4 is 15.5 Å². The van der Waals surface area contributed by atoms with Crippen molar-refractivity contribution in [2.24, 2.45) is 4.99 Å². The minimum atomic E-state index is 0. The summed E-state index contributed by atoms with van der Waals surface area (Å²) in [4.78, 5) is 21.4. The van der Waals surface area contributed by atoms with Crippen molar-refractivity contribution in [3.8, 4) is 0 Å². The van der Waals surface area contributed by atoms with Crippen LogP contribution in [0.15, 0.2) is 46.8 Å². The summed E-state index contributed by atoms with van der Waals surface area (Å²) in [6.07, 6.45) is 3.87. The van der Waals surface area contributed by atoms with Gasteiger partial charge in [0.25, 0.3) is 0 Å². The van der Waals surface area contributed by atoms with Gasteiger partial charge in [-0.1, -0.05) is 24.3 Å². The molecular formula is C24H34IN5OS. The average Bonchev–Trinajstić information content (AvgIpc) is 3.46. The molecule has 1 aromatic heterocycles. The van der Waals surface area contributed by atoms with Gasteiger partial charge < -0.3 is 20.4 Å². The number of benzene rings is 1. The van der Waals surface area contributed by atoms with E-state index in [0.717, 1.165) is 51.4 Å². The molecular weight excluding hydrogens is 533 g/mol. The Kier molecular flexibility index (Phi) is 9.65. The molecule has 0 unspecified atom stereocenters. The van der Waals surface area contributed by atoms with Crippen LogP contribution in [-0.2, 0) is 17.9 Å². The summed E-state index contributed by atoms with van der Waals surface area (Å²) in [6, 6.07) is 13.1. The van der Waals surface area contributed by atoms with E-state index >= 15 is 0 Å². The number of anilines is 1. The second kappa shape index (κ2) is 12.4. The van der Waals surface area contributed by atoms with Crippen molar-refractivity contribution in [3.05, 3.63) is 52.9 Å². The number of aliphatic imine (C=N–C) groups is 1. The number of nitrogens with one attached hydrogen (secondary N) is 2. The van der Waals surface area contributed by atoms with Crippen molar-refractivity contribution >= 4 is 52.2 Å². The highest BCUT2D eigenvalue weighted by Gasteiger charge is 2.22. The largest absolute Gasteiger partial charge is 0.363 e. The number of likely N-dealkylation sites (tertiary alicyclic amines) is 1. The van der Waals surface area contributed by atoms with E-state index in [-0.39, 0.29) is 29.9 Å². The second-order valence-corrected chi connectivity index (χ2v) is 9.17. The van der Waals surface area contributed by atoms with Gasteiger partial charge in [0, 0.05) is 45.2 Å². The highest BCUT2D eigenvalue weighted by molar-refractivity contribution is 14.0. The van der Waals surface area contributed by atoms with Crippen LogP contribution in [0.1, 0.15) is 43.7 Å². The molecule has 1 aromatic carbocycles. The van der Waals surface area contributed by atoms with Crippen LogP contribution in [0.5, 0.6) is 0 Å². The topological polar surface area (TPSA) is 60.0 Å². The number of hydrogen-bond acceptors (Lipinski definition) is 4. The van der Waals surface area contributed by atoms with Gasteiger partial charge in [-0.3, -0.25) is 4.79 Å². The van der Waals surface area contributed by atoms with E-state index < -0.39 is 0 Å². The average molecular weight is 568 g/mol. The third-order valence-corrected chi connectivity index (χ3v) is 6.99. The van der Waals surface area contributed by atoms with Gasteiger partial charge >= 0.3 is 0 Å². The van der Waals surface area contributed by atoms with Gasteiger partial charge in [0.1, 0.15) is 0 Å². The van der Waals surface area contributed by atoms with Gasteiger partial charge in [0.05, 0.1) is 11.5 Å². The van der Waals surface area contributed by atoms with Crippen LogP contribution in [0, 0.1) is 0 Å². The molecule has 2 aromatic rings. The predicted molar refractivity (Wildman–Crippen MR) is 144 cm³/mol. The second-order valence-electron chi connectivity index (χ2n) is 8.24. The van der Waals surface area contributed by atoms with E-state index in [2.05, 4.69) is 58.2 Å². The maximum Gasteiger partial charge on any atom is 0.222 e. The summed E-state index contributed by atoms with van der Waals surface area (Å²) >= 11 is 1.82. The molecule has 2 N–H and O–H groups in total. The number of guanidine groups is 1. The molecule has 3 heterocycles. The maximum absolute atomic E-state index is 12.0. The summed E-state index contributed by atoms with van der Waals surface area (Å²) in [7, 11) is 0. The van der Waals surface area contributed by atoms with E-state index in [4.69, 9.17) is 4.99 Å². The summed E-state index contributed by atoms with van der Waals surface area (Å²) in [5.74, 6) is 1.14. The van der Waals surface area contributed by atoms with E-state index in [1.165, 1.54) is 16.1 Å². The molecule has 2 aliphatic rings. The minimum absolute atomic E-state index is 0. The van der Waals surface area contributed by atoms with Crippen molar-refractivity contribution in [1.29, 1.82) is 0 Å². The first kappa shape index (κ1) is 24.8. The standard InChI is InChI=1S/C24H33N5OS.HI/c1-2-25-24(27-21-11-14-28(15-12-21)23-10-6-16-31-23)26-17-19-7-3-4-8-20(19)18-29-13-5-9-22(29)30;/h3-4,6-8,10,16,21H,2,5,9,11-15,17-18H2,1H3,(H2,25,26,27);1H. The molecule has 1 amide bonds. The first-order chi connectivity index (χ1) is 15.2. The van der Waals surface area contributed by atoms with Crippen LogP contribution in [0.2, 0.25) is 0 Å². The number of carbonyl (C=O) groups excluding carboxylic acids is 1. The van der Waals surface area contributed by atoms with Crippen LogP contribution in [-0.4, -0.2) is 49.0 Å². The third-order valence-electron chi connectivity index (χ3n) is 6.06. The van der Waals surface area contributed by atoms with E-state index in [1.54, 1.807) is 0 Å². The lowest BCUT2D eigenvalue weighted by molar-refractivity contribution is -0.128. The van der Waals surface area contributed by atoms with E-state index in [9.17, 15) is 4.79 Å². The van der Waals surface area contributed by atoms with Gasteiger partial charge in [-0.2, -0.15) is 0 Å². The highest BCUT2D eigenvalue weighted by atomic mass is 127. The lowest BCUT2D eigenvalue weighted by Gasteiger charge is -2.33. The Bertz CT molecular complexity index is 880. The molecule has 0 bridgehead atoms. The van der Waals surface area contributed by atoms with Gasteiger partial charge in [0.15, 0.2) is 5.96 Å². The summed E-state index contributed by atoms with van der Waals surface area (Å²) in [5.41, 5.74) is 2.38. The zero-order valence-corrected chi connectivity index (χ0v) is 21.9. The van der Waals surface area contributed by atoms with Crippen molar-refractivity contribution in [1.82, 2.24) is 15.5 Å². The zero-order chi connectivity index (χ0) is 21.5. The monoisotopic (exact) mass is 567 g/mol. The lowest BCUT2D eigenvalue weighted by Crippen LogP contribution is -2.48. The Morgan fingerprint density at radius 3 is 2.56 bits per heavy atom. The van der Waals surface area contributed by atoms with Gasteiger partial charge in [-0.05, 0) is 54.8 Å². The summed E-state index contributed by atoms with van der Waals surface area (Å²) in [6.45, 7) is 7.25. The van der Waals surface area contributed by atoms with Crippen LogP contribution >= 0.6 is 35.3 Å². The Hall–Kier alpha value is -1.81. The molecule has 4 rings (SSSR count). The zero-order valence-electron chi connectivity index (χ0n) is 18.8. The van der Waals surface area contributed by atoms with Gasteiger partial charge in [-0.15, -0.1) is 35.3 Å². The Balaban J connectivity index is 0.00000289. The van der Waals surface area contributed by atoms with Crippen LogP contribution in [0.25, 0.3) is 0 Å². The minimum Gasteiger partial charge on any atom is -0.363 e. The van der Waals surface area contributed by atoms with Crippen LogP contribution in [0.3, 0.4) is 0 Å². The lowest BCUT2D eigenvalue weighted by atomic mass is 10.1. The number of hydrogen-bond donors (Lipinski definition) is 2. The number of rotatable bonds is 7. The van der Waals surface area contributed by atoms with Crippen molar-refractivity contribution in [2.45, 2.75) is 51.7 Å². The predicted octanol–water partition coefficient (Wildman–Crippen LogP) is 4.21. The van der Waals surface area contributed by atoms with Gasteiger partial charge in [0.2, 0.25) is 5.91 Å². The fourth-order valence-corrected chi connectivity index (χ4v) is 5.10. The smallest absolute Gasteiger partial charge is 0.222 e. The number of amides is 1. The Morgan fingerprint density at radius 1 is 1.12 bits per heavy atom. The Morgan fingerprint density at radius 2 is 1.91 bits per heavy atom. The number of halogens is 1. The molecule has 0 spiro atoms. The molecule has 0 radical (unpaired) electrons. The molecule has 8 heteroatoms. The molecule has 0 aliphatic carbocycles. The highest BCUT2D eigenvalue weighted by Crippen LogP contribution is 2.25. The van der Waals surface area contributed by atoms with Crippen LogP contribution in [0.4, 0.5) is 5.00 Å². The van der Waals surface area contributed by atoms with E-state index in [1.807, 2.05) is 22.3 Å². The summed E-state index contributed by atoms with van der Waals surface area (Å²) in [5, 5.41) is 10.6. The third kappa shape index (κ3) is 6.60. The molecule has 32 heavy (non-hydrogen) atoms. The van der Waals surface area contributed by atoms with Gasteiger partial charge in [-0.25, -0.2) is 4.99 Å². The Labute approximate surface area is 212 Å². The van der Waals surface area contributed by atoms with Crippen molar-refractivity contribution in [2.75, 3.05) is 31.1 Å². The number of thiophene rings is 1. The van der Waals surface area contributed by atoms with Crippen molar-refractivity contribution in [3.63, 3.8) is 0 Å². The number of nitrogens with zero attached hydrogens (tertiary/aromatic N) is 3. The SMILES string of the molecule is CCNC(=NCc1ccccc1CN1CCCC1=O)NC1CCN(c2cccs2)CC1.I. The maximum atomic E-state index is 12.0. The number of piperidine rings is 1. The molecule has 2 fully saturated rings. The first-order valence-corrected chi connectivity index (χ1v) is 12.3. The number of carbonyl (C=O) groups is 1. The fourth-order valence-electron chi connectivity index (χ4n) is 4.31. The quantitative estimate of drug-likeness (QED) is 0.299. The molecule has 174 valence electrons. The van der Waals surface area contributed by atoms with E-state index in [0.29, 0.717) is 25.6 Å². The molecule has 2 saturated heterocycles. The molecule has 0 saturated carbocycles. The molecule has 2 aliphatic heterocycles. The molecule has 0 atom stereocenters. The fraction of sp³-hybridized carbons (Fsp3) is 0.500. The normalized spacial score (nSPS) is 17.4. The van der Waals surface area contributed by atoms with Crippen molar-refractivity contribution < 1.29 is 4.79 Å². The first-order valence-electron chi connectivity index (χ1n) is 11.4. The molecule has 6 nitrogen and oxygen atoms in total. The summed E-state index contributed by atoms with van der Waals surface area (Å²) < 4.78 is 0.